The van der Waals surface area contributed by atoms with Gasteiger partial charge in [0.1, 0.15) is 0 Å². The molecule has 0 bridgehead atoms. The fourth-order valence-electron chi connectivity index (χ4n) is 1.33. The van der Waals surface area contributed by atoms with Crippen LogP contribution < -0.4 is 0 Å². The maximum absolute atomic E-state index is 13.2. The maximum Gasteiger partial charge on any atom is 0.446 e. The van der Waals surface area contributed by atoms with Crippen LogP contribution in [0.25, 0.3) is 0 Å². The van der Waals surface area contributed by atoms with Gasteiger partial charge in [0.15, 0.2) is 5.90 Å². The molecule has 19 heavy (non-hydrogen) atoms. The molecule has 1 aliphatic rings. The average Bonchev–Trinajstić information content (AvgIpc) is 2.26. The number of carbonyl (C=O) groups is 1. The molecule has 0 spiro atoms. The summed E-state index contributed by atoms with van der Waals surface area (Å²) in [5.41, 5.74) is -3.30. The van der Waals surface area contributed by atoms with Crippen molar-refractivity contribution in [2.75, 3.05) is 20.7 Å². The van der Waals surface area contributed by atoms with Crippen molar-refractivity contribution in [1.82, 2.24) is 4.90 Å². The van der Waals surface area contributed by atoms with Gasteiger partial charge in [-0.3, -0.25) is 0 Å². The Kier molecular flexibility index (Phi) is 4.06. The Hall–Kier alpha value is -1.80. The predicted octanol–water partition coefficient (Wildman–Crippen LogP) is 1.17. The standard InChI is InChI=1S/C10H14F3N3O3/c1-5-18-7(17)9(10(11,12)13)14-6(2)19-8(15-9)16(3)4/h5H2,1-4H3/t9-/m1/s1. The van der Waals surface area contributed by atoms with Crippen LogP contribution in [0.4, 0.5) is 13.2 Å². The first-order valence-electron chi connectivity index (χ1n) is 5.39. The highest BCUT2D eigenvalue weighted by Gasteiger charge is 2.65. The molecule has 0 unspecified atom stereocenters. The summed E-state index contributed by atoms with van der Waals surface area (Å²) < 4.78 is 49.0. The number of alkyl halides is 3. The molecule has 0 saturated carbocycles. The first kappa shape index (κ1) is 15.3. The number of aliphatic imine (C=N–C) groups is 2. The Labute approximate surface area is 107 Å². The first-order valence-corrected chi connectivity index (χ1v) is 5.39. The van der Waals surface area contributed by atoms with Crippen LogP contribution in [-0.4, -0.2) is 55.3 Å². The summed E-state index contributed by atoms with van der Waals surface area (Å²) in [6.45, 7) is 2.39. The number of nitrogens with zero attached hydrogens (tertiary/aromatic N) is 3. The van der Waals surface area contributed by atoms with E-state index in [9.17, 15) is 18.0 Å². The molecule has 0 aromatic heterocycles. The molecule has 0 saturated heterocycles. The Morgan fingerprint density at radius 1 is 1.42 bits per heavy atom. The zero-order valence-corrected chi connectivity index (χ0v) is 10.9. The fraction of sp³-hybridized carbons (Fsp3) is 0.700. The van der Waals surface area contributed by atoms with Crippen LogP contribution in [0.1, 0.15) is 13.8 Å². The van der Waals surface area contributed by atoms with Gasteiger partial charge in [-0.1, -0.05) is 0 Å². The molecule has 108 valence electrons. The van der Waals surface area contributed by atoms with E-state index in [-0.39, 0.29) is 18.5 Å². The highest BCUT2D eigenvalue weighted by molar-refractivity contribution is 5.96. The second-order valence-electron chi connectivity index (χ2n) is 3.91. The molecule has 0 aromatic rings. The van der Waals surface area contributed by atoms with Crippen LogP contribution in [0, 0.1) is 0 Å². The normalized spacial score (nSPS) is 23.1. The van der Waals surface area contributed by atoms with Crippen LogP contribution >= 0.6 is 0 Å². The summed E-state index contributed by atoms with van der Waals surface area (Å²) in [7, 11) is 2.87. The SMILES string of the molecule is CCOC(=O)[C@@]1(C(F)(F)F)N=C(C)OC(N(C)C)=N1. The molecule has 9 heteroatoms. The van der Waals surface area contributed by atoms with E-state index < -0.39 is 17.8 Å². The average molecular weight is 281 g/mol. The van der Waals surface area contributed by atoms with Gasteiger partial charge in [-0.25, -0.2) is 9.79 Å². The van der Waals surface area contributed by atoms with E-state index in [4.69, 9.17) is 4.74 Å². The van der Waals surface area contributed by atoms with Crippen molar-refractivity contribution in [2.45, 2.75) is 25.7 Å². The Balaban J connectivity index is 3.38. The van der Waals surface area contributed by atoms with Crippen molar-refractivity contribution in [3.63, 3.8) is 0 Å². The van der Waals surface area contributed by atoms with Crippen molar-refractivity contribution in [3.8, 4) is 0 Å². The van der Waals surface area contributed by atoms with E-state index in [1.807, 2.05) is 0 Å². The second-order valence-corrected chi connectivity index (χ2v) is 3.91. The lowest BCUT2D eigenvalue weighted by atomic mass is 10.1. The van der Waals surface area contributed by atoms with Crippen molar-refractivity contribution < 1.29 is 27.4 Å². The summed E-state index contributed by atoms with van der Waals surface area (Å²) in [5.74, 6) is -1.89. The van der Waals surface area contributed by atoms with E-state index in [1.165, 1.54) is 32.8 Å². The lowest BCUT2D eigenvalue weighted by Crippen LogP contribution is -2.54. The number of rotatable bonds is 2. The monoisotopic (exact) mass is 281 g/mol. The molecule has 1 aliphatic heterocycles. The minimum Gasteiger partial charge on any atom is -0.462 e. The van der Waals surface area contributed by atoms with E-state index >= 15 is 0 Å². The van der Waals surface area contributed by atoms with Gasteiger partial charge in [0.25, 0.3) is 6.02 Å². The minimum atomic E-state index is -5.02. The van der Waals surface area contributed by atoms with Crippen LogP contribution in [-0.2, 0) is 14.3 Å². The smallest absolute Gasteiger partial charge is 0.446 e. The lowest BCUT2D eigenvalue weighted by molar-refractivity contribution is -0.204. The van der Waals surface area contributed by atoms with Gasteiger partial charge in [0, 0.05) is 21.0 Å². The number of halogens is 3. The third-order valence-corrected chi connectivity index (χ3v) is 2.15. The summed E-state index contributed by atoms with van der Waals surface area (Å²) in [4.78, 5) is 19.4. The van der Waals surface area contributed by atoms with Crippen molar-refractivity contribution in [2.24, 2.45) is 9.98 Å². The number of amidine groups is 1. The lowest BCUT2D eigenvalue weighted by Gasteiger charge is -2.31. The van der Waals surface area contributed by atoms with Crippen molar-refractivity contribution >= 4 is 17.9 Å². The number of hydrogen-bond acceptors (Lipinski definition) is 6. The number of ether oxygens (including phenoxy) is 2. The first-order chi connectivity index (χ1) is 8.64. The molecule has 1 heterocycles. The molecule has 6 nitrogen and oxygen atoms in total. The quantitative estimate of drug-likeness (QED) is 0.713. The van der Waals surface area contributed by atoms with E-state index in [2.05, 4.69) is 14.7 Å². The predicted molar refractivity (Wildman–Crippen MR) is 60.7 cm³/mol. The van der Waals surface area contributed by atoms with Gasteiger partial charge in [-0.2, -0.15) is 18.2 Å². The highest BCUT2D eigenvalue weighted by atomic mass is 19.4. The molecule has 0 radical (unpaired) electrons. The van der Waals surface area contributed by atoms with Gasteiger partial charge in [0.2, 0.25) is 0 Å². The molecule has 1 atom stereocenters. The number of hydrogen-bond donors (Lipinski definition) is 0. The largest absolute Gasteiger partial charge is 0.462 e. The molecule has 0 aromatic carbocycles. The van der Waals surface area contributed by atoms with Crippen LogP contribution in [0.15, 0.2) is 9.98 Å². The molecule has 0 aliphatic carbocycles. The summed E-state index contributed by atoms with van der Waals surface area (Å²) in [5, 5.41) is 0. The molecule has 0 fully saturated rings. The molecular weight excluding hydrogens is 267 g/mol. The minimum absolute atomic E-state index is 0.209. The van der Waals surface area contributed by atoms with Crippen molar-refractivity contribution in [3.05, 3.63) is 0 Å². The second kappa shape index (κ2) is 5.06. The molecule has 1 rings (SSSR count). The zero-order chi connectivity index (χ0) is 14.8. The van der Waals surface area contributed by atoms with Crippen LogP contribution in [0.5, 0.6) is 0 Å². The third kappa shape index (κ3) is 2.79. The Morgan fingerprint density at radius 2 is 2.00 bits per heavy atom. The van der Waals surface area contributed by atoms with Gasteiger partial charge in [-0.05, 0) is 6.92 Å². The number of carbonyl (C=O) groups excluding carboxylic acids is 1. The van der Waals surface area contributed by atoms with Gasteiger partial charge < -0.3 is 14.4 Å². The van der Waals surface area contributed by atoms with Crippen LogP contribution in [0.3, 0.4) is 0 Å². The number of esters is 1. The molecule has 0 amide bonds. The van der Waals surface area contributed by atoms with Gasteiger partial charge >= 0.3 is 17.8 Å². The molecule has 0 N–H and O–H groups in total. The molecular formula is C10H14F3N3O3. The van der Waals surface area contributed by atoms with Crippen molar-refractivity contribution in [1.29, 1.82) is 0 Å². The topological polar surface area (TPSA) is 63.5 Å². The summed E-state index contributed by atoms with van der Waals surface area (Å²) in [6, 6.07) is -0.363. The van der Waals surface area contributed by atoms with E-state index in [0.717, 1.165) is 0 Å². The zero-order valence-electron chi connectivity index (χ0n) is 10.9. The third-order valence-electron chi connectivity index (χ3n) is 2.15. The highest BCUT2D eigenvalue weighted by Crippen LogP contribution is 2.38. The Bertz CT molecular complexity index is 431. The summed E-state index contributed by atoms with van der Waals surface area (Å²) in [6.07, 6.45) is -5.02. The van der Waals surface area contributed by atoms with Crippen LogP contribution in [0.2, 0.25) is 0 Å². The fourth-order valence-corrected chi connectivity index (χ4v) is 1.33. The maximum atomic E-state index is 13.2. The van der Waals surface area contributed by atoms with E-state index in [1.54, 1.807) is 0 Å². The Morgan fingerprint density at radius 3 is 2.42 bits per heavy atom. The van der Waals surface area contributed by atoms with Gasteiger partial charge in [0.05, 0.1) is 6.61 Å². The van der Waals surface area contributed by atoms with E-state index in [0.29, 0.717) is 0 Å². The summed E-state index contributed by atoms with van der Waals surface area (Å²) >= 11 is 0. The van der Waals surface area contributed by atoms with Gasteiger partial charge in [-0.15, -0.1) is 0 Å².